The molecule has 70 valence electrons. The van der Waals surface area contributed by atoms with E-state index in [4.69, 9.17) is 11.6 Å². The van der Waals surface area contributed by atoms with Crippen LogP contribution in [0.1, 0.15) is 10.4 Å². The van der Waals surface area contributed by atoms with Crippen LogP contribution in [-0.4, -0.2) is 17.6 Å². The van der Waals surface area contributed by atoms with Crippen LogP contribution in [0.25, 0.3) is 6.58 Å². The quantitative estimate of drug-likeness (QED) is 0.618. The highest BCUT2D eigenvalue weighted by molar-refractivity contribution is 6.29. The summed E-state index contributed by atoms with van der Waals surface area (Å²) in [6, 6.07) is 5.24. The summed E-state index contributed by atoms with van der Waals surface area (Å²) in [6.07, 6.45) is 0. The molecule has 0 spiro atoms. The van der Waals surface area contributed by atoms with Gasteiger partial charge in [-0.2, -0.15) is 4.99 Å². The topological polar surface area (TPSA) is 41.8 Å². The Kier molecular flexibility index (Phi) is 2.17. The number of halogens is 1. The highest BCUT2D eigenvalue weighted by Gasteiger charge is 2.13. The summed E-state index contributed by atoms with van der Waals surface area (Å²) in [5.41, 5.74) is 0.492. The van der Waals surface area contributed by atoms with Crippen molar-refractivity contribution in [2.45, 2.75) is 0 Å². The van der Waals surface area contributed by atoms with Crippen LogP contribution in [0.4, 0.5) is 0 Å². The molecular formula is C10H7ClN2O. The second-order valence-corrected chi connectivity index (χ2v) is 3.16. The molecule has 0 unspecified atom stereocenters. The van der Waals surface area contributed by atoms with Crippen molar-refractivity contribution >= 4 is 29.9 Å². The Morgan fingerprint density at radius 1 is 1.36 bits per heavy atom. The number of carbonyl (C=O) groups excluding carboxylic acids is 1. The van der Waals surface area contributed by atoms with E-state index in [2.05, 4.69) is 16.6 Å². The van der Waals surface area contributed by atoms with Crippen LogP contribution < -0.4 is 10.6 Å². The van der Waals surface area contributed by atoms with Crippen molar-refractivity contribution in [1.29, 1.82) is 0 Å². The monoisotopic (exact) mass is 206 g/mol. The molecule has 0 aromatic heterocycles. The number of hydrogen-bond acceptors (Lipinski definition) is 2. The predicted octanol–water partition coefficient (Wildman–Crippen LogP) is 0.508. The van der Waals surface area contributed by atoms with Gasteiger partial charge in [-0.25, -0.2) is 4.99 Å². The van der Waals surface area contributed by atoms with E-state index in [0.29, 0.717) is 22.0 Å². The first-order chi connectivity index (χ1) is 6.72. The number of carbonyl (C=O) groups is 1. The van der Waals surface area contributed by atoms with Crippen LogP contribution in [0.2, 0.25) is 0 Å². The molecule has 0 N–H and O–H groups in total. The zero-order valence-electron chi connectivity index (χ0n) is 7.33. The van der Waals surface area contributed by atoms with Crippen molar-refractivity contribution in [3.05, 3.63) is 34.3 Å². The molecule has 2 rings (SSSR count). The molecule has 1 heterocycles. The Morgan fingerprint density at radius 2 is 2.14 bits per heavy atom. The summed E-state index contributed by atoms with van der Waals surface area (Å²) in [6.45, 7) is 3.79. The summed E-state index contributed by atoms with van der Waals surface area (Å²) < 4.78 is 0. The lowest BCUT2D eigenvalue weighted by atomic mass is 10.1. The zero-order chi connectivity index (χ0) is 10.1. The minimum Gasteiger partial charge on any atom is -0.267 e. The summed E-state index contributed by atoms with van der Waals surface area (Å²) in [7, 11) is 0. The molecule has 0 saturated carbocycles. The van der Waals surface area contributed by atoms with Gasteiger partial charge in [0.15, 0.2) is 0 Å². The lowest BCUT2D eigenvalue weighted by Gasteiger charge is -2.04. The minimum atomic E-state index is -0.295. The third kappa shape index (κ3) is 1.36. The fourth-order valence-electron chi connectivity index (χ4n) is 1.29. The van der Waals surface area contributed by atoms with Crippen LogP contribution in [0, 0.1) is 0 Å². The maximum absolute atomic E-state index is 11.5. The summed E-state index contributed by atoms with van der Waals surface area (Å²) in [5, 5.41) is 1.30. The van der Waals surface area contributed by atoms with Gasteiger partial charge in [0.25, 0.3) is 5.91 Å². The summed E-state index contributed by atoms with van der Waals surface area (Å²) >= 11 is 5.57. The van der Waals surface area contributed by atoms with Gasteiger partial charge in [-0.05, 0) is 11.3 Å². The van der Waals surface area contributed by atoms with Crippen LogP contribution in [-0.2, 0) is 0 Å². The van der Waals surface area contributed by atoms with E-state index in [9.17, 15) is 4.79 Å². The molecule has 3 nitrogen and oxygen atoms in total. The number of benzene rings is 1. The van der Waals surface area contributed by atoms with Crippen molar-refractivity contribution in [1.82, 2.24) is 0 Å². The first kappa shape index (κ1) is 9.09. The average molecular weight is 207 g/mol. The normalized spacial score (nSPS) is 14.4. The Bertz CT molecular complexity index is 534. The Morgan fingerprint density at radius 3 is 2.86 bits per heavy atom. The van der Waals surface area contributed by atoms with E-state index in [1.54, 1.807) is 18.2 Å². The molecule has 1 aliphatic heterocycles. The predicted molar refractivity (Wildman–Crippen MR) is 55.2 cm³/mol. The molecular weight excluding hydrogens is 200 g/mol. The number of aliphatic imine (C=N–C) groups is 1. The number of fused-ring (bicyclic) bond motifs is 1. The second-order valence-electron chi connectivity index (χ2n) is 2.89. The van der Waals surface area contributed by atoms with Gasteiger partial charge >= 0.3 is 0 Å². The number of amidine groups is 1. The maximum Gasteiger partial charge on any atom is 0.280 e. The van der Waals surface area contributed by atoms with Crippen molar-refractivity contribution < 1.29 is 4.79 Å². The fourth-order valence-corrected chi connectivity index (χ4v) is 1.41. The third-order valence-electron chi connectivity index (χ3n) is 1.94. The number of rotatable bonds is 1. The van der Waals surface area contributed by atoms with Crippen molar-refractivity contribution in [3.8, 4) is 0 Å². The van der Waals surface area contributed by atoms with Gasteiger partial charge < -0.3 is 0 Å². The van der Waals surface area contributed by atoms with Gasteiger partial charge in [0.2, 0.25) is 0 Å². The molecule has 1 aromatic carbocycles. The Labute approximate surface area is 85.5 Å². The summed E-state index contributed by atoms with van der Waals surface area (Å²) in [5.74, 6) is 0.191. The first-order valence-corrected chi connectivity index (χ1v) is 4.60. The van der Waals surface area contributed by atoms with E-state index < -0.39 is 0 Å². The molecule has 0 radical (unpaired) electrons. The largest absolute Gasteiger partial charge is 0.280 e. The van der Waals surface area contributed by atoms with E-state index >= 15 is 0 Å². The molecule has 14 heavy (non-hydrogen) atoms. The minimum absolute atomic E-state index is 0.138. The van der Waals surface area contributed by atoms with Gasteiger partial charge in [-0.15, -0.1) is 11.6 Å². The van der Waals surface area contributed by atoms with Crippen LogP contribution >= 0.6 is 11.6 Å². The lowest BCUT2D eigenvalue weighted by Crippen LogP contribution is -2.34. The zero-order valence-corrected chi connectivity index (χ0v) is 8.08. The standard InChI is InChI=1S/C10H7ClN2O/c1-6-3-2-4-7-9(6)12-8(5-11)13-10(7)14/h2-4H,1,5H2. The number of nitrogens with zero attached hydrogens (tertiary/aromatic N) is 2. The average Bonchev–Trinajstić information content (AvgIpc) is 2.19. The molecule has 4 heteroatoms. The van der Waals surface area contributed by atoms with Crippen LogP contribution in [0.3, 0.4) is 0 Å². The van der Waals surface area contributed by atoms with Crippen molar-refractivity contribution in [2.24, 2.45) is 9.98 Å². The Hall–Kier alpha value is -1.48. The molecule has 0 atom stereocenters. The number of hydrogen-bond donors (Lipinski definition) is 0. The molecule has 1 aromatic rings. The molecule has 1 aliphatic rings. The SMILES string of the molecule is C=c1cccc2c1=NC(CCl)=NC2=O. The third-order valence-corrected chi connectivity index (χ3v) is 2.18. The van der Waals surface area contributed by atoms with E-state index in [1.807, 2.05) is 0 Å². The molecule has 1 amide bonds. The number of para-hydroxylation sites is 1. The van der Waals surface area contributed by atoms with Gasteiger partial charge in [0, 0.05) is 0 Å². The summed E-state index contributed by atoms with van der Waals surface area (Å²) in [4.78, 5) is 19.4. The lowest BCUT2D eigenvalue weighted by molar-refractivity contribution is 0.1000. The van der Waals surface area contributed by atoms with Gasteiger partial charge in [0.1, 0.15) is 5.84 Å². The van der Waals surface area contributed by atoms with E-state index in [0.717, 1.165) is 0 Å². The number of amides is 1. The van der Waals surface area contributed by atoms with Gasteiger partial charge in [0.05, 0.1) is 16.8 Å². The van der Waals surface area contributed by atoms with Gasteiger partial charge in [-0.3, -0.25) is 4.79 Å². The Balaban J connectivity index is 2.80. The van der Waals surface area contributed by atoms with Crippen LogP contribution in [0.15, 0.2) is 28.2 Å². The molecule has 0 aliphatic carbocycles. The molecule has 0 fully saturated rings. The van der Waals surface area contributed by atoms with E-state index in [1.165, 1.54) is 0 Å². The molecule has 0 bridgehead atoms. The molecule has 0 saturated heterocycles. The first-order valence-electron chi connectivity index (χ1n) is 4.07. The van der Waals surface area contributed by atoms with Crippen molar-refractivity contribution in [3.63, 3.8) is 0 Å². The van der Waals surface area contributed by atoms with Crippen molar-refractivity contribution in [2.75, 3.05) is 5.88 Å². The highest BCUT2D eigenvalue weighted by Crippen LogP contribution is 2.00. The highest BCUT2D eigenvalue weighted by atomic mass is 35.5. The number of alkyl halides is 1. The smallest absolute Gasteiger partial charge is 0.267 e. The van der Waals surface area contributed by atoms with Gasteiger partial charge in [-0.1, -0.05) is 18.7 Å². The van der Waals surface area contributed by atoms with E-state index in [-0.39, 0.29) is 11.8 Å². The second kappa shape index (κ2) is 3.35. The fraction of sp³-hybridized carbons (Fsp3) is 0.100. The van der Waals surface area contributed by atoms with Crippen LogP contribution in [0.5, 0.6) is 0 Å². The maximum atomic E-state index is 11.5.